The summed E-state index contributed by atoms with van der Waals surface area (Å²) in [5.41, 5.74) is 1.99. The Morgan fingerprint density at radius 1 is 1.33 bits per heavy atom. The Morgan fingerprint density at radius 2 is 2.20 bits per heavy atom. The summed E-state index contributed by atoms with van der Waals surface area (Å²) < 4.78 is 5.15. The first-order chi connectivity index (χ1) is 7.35. The first kappa shape index (κ1) is 9.75. The van der Waals surface area contributed by atoms with Crippen LogP contribution in [0.15, 0.2) is 35.7 Å². The van der Waals surface area contributed by atoms with Crippen molar-refractivity contribution in [3.05, 3.63) is 40.6 Å². The highest BCUT2D eigenvalue weighted by Gasteiger charge is 2.06. The van der Waals surface area contributed by atoms with Crippen LogP contribution in [0.2, 0.25) is 0 Å². The summed E-state index contributed by atoms with van der Waals surface area (Å²) >= 11 is 1.46. The smallest absolute Gasteiger partial charge is 0.119 e. The molecule has 0 spiro atoms. The van der Waals surface area contributed by atoms with Gasteiger partial charge in [-0.2, -0.15) is 5.26 Å². The summed E-state index contributed by atoms with van der Waals surface area (Å²) in [6, 6.07) is 11.9. The van der Waals surface area contributed by atoms with Crippen LogP contribution in [0.3, 0.4) is 0 Å². The fourth-order valence-corrected chi connectivity index (χ4v) is 2.12. The Bertz CT molecular complexity index is 510. The fourth-order valence-electron chi connectivity index (χ4n) is 1.41. The van der Waals surface area contributed by atoms with Crippen LogP contribution < -0.4 is 4.74 Å². The number of nitrogens with zero attached hydrogens (tertiary/aromatic N) is 1. The van der Waals surface area contributed by atoms with Crippen LogP contribution >= 0.6 is 11.3 Å². The van der Waals surface area contributed by atoms with Crippen molar-refractivity contribution >= 4 is 11.3 Å². The van der Waals surface area contributed by atoms with E-state index in [0.29, 0.717) is 0 Å². The molecule has 1 heterocycles. The summed E-state index contributed by atoms with van der Waals surface area (Å²) in [4.78, 5) is 0.739. The summed E-state index contributed by atoms with van der Waals surface area (Å²) in [6.45, 7) is 0. The number of hydrogen-bond donors (Lipinski definition) is 0. The Hall–Kier alpha value is -1.79. The van der Waals surface area contributed by atoms with Crippen molar-refractivity contribution in [3.8, 4) is 22.9 Å². The molecule has 0 atom stereocenters. The summed E-state index contributed by atoms with van der Waals surface area (Å²) in [7, 11) is 1.64. The van der Waals surface area contributed by atoms with Gasteiger partial charge < -0.3 is 4.74 Å². The summed E-state index contributed by atoms with van der Waals surface area (Å²) in [5.74, 6) is 0.808. The van der Waals surface area contributed by atoms with Crippen molar-refractivity contribution in [1.82, 2.24) is 0 Å². The number of methoxy groups -OCH3 is 1. The summed E-state index contributed by atoms with van der Waals surface area (Å²) in [6.07, 6.45) is 0. The van der Waals surface area contributed by atoms with Crippen LogP contribution in [0.25, 0.3) is 11.1 Å². The quantitative estimate of drug-likeness (QED) is 0.770. The van der Waals surface area contributed by atoms with Gasteiger partial charge in [0.1, 0.15) is 16.7 Å². The maximum Gasteiger partial charge on any atom is 0.119 e. The first-order valence-electron chi connectivity index (χ1n) is 4.47. The van der Waals surface area contributed by atoms with Crippen molar-refractivity contribution in [2.24, 2.45) is 0 Å². The number of benzene rings is 1. The zero-order valence-corrected chi connectivity index (χ0v) is 9.04. The molecule has 2 rings (SSSR count). The van der Waals surface area contributed by atoms with Gasteiger partial charge in [0.2, 0.25) is 0 Å². The fraction of sp³-hybridized carbons (Fsp3) is 0.0833. The van der Waals surface area contributed by atoms with Crippen molar-refractivity contribution in [1.29, 1.82) is 5.26 Å². The Kier molecular flexibility index (Phi) is 2.70. The molecule has 2 aromatic rings. The second-order valence-corrected chi connectivity index (χ2v) is 3.92. The number of thiophene rings is 1. The van der Waals surface area contributed by atoms with E-state index in [2.05, 4.69) is 6.07 Å². The van der Waals surface area contributed by atoms with Gasteiger partial charge in [-0.3, -0.25) is 0 Å². The van der Waals surface area contributed by atoms with E-state index in [1.165, 1.54) is 11.3 Å². The molecule has 0 bridgehead atoms. The second kappa shape index (κ2) is 4.16. The molecule has 1 aromatic carbocycles. The van der Waals surface area contributed by atoms with Crippen molar-refractivity contribution in [2.45, 2.75) is 0 Å². The molecule has 74 valence electrons. The van der Waals surface area contributed by atoms with E-state index in [9.17, 15) is 0 Å². The monoisotopic (exact) mass is 215 g/mol. The average molecular weight is 215 g/mol. The van der Waals surface area contributed by atoms with E-state index in [1.54, 1.807) is 7.11 Å². The van der Waals surface area contributed by atoms with Crippen LogP contribution in [0, 0.1) is 11.3 Å². The molecule has 2 nitrogen and oxygen atoms in total. The van der Waals surface area contributed by atoms with Gasteiger partial charge in [-0.1, -0.05) is 12.1 Å². The second-order valence-electron chi connectivity index (χ2n) is 3.01. The molecule has 0 unspecified atom stereocenters. The normalized spacial score (nSPS) is 9.60. The van der Waals surface area contributed by atoms with E-state index < -0.39 is 0 Å². The molecule has 3 heteroatoms. The minimum Gasteiger partial charge on any atom is -0.497 e. The minimum absolute atomic E-state index is 0.739. The zero-order chi connectivity index (χ0) is 10.7. The van der Waals surface area contributed by atoms with Gasteiger partial charge in [-0.15, -0.1) is 11.3 Å². The van der Waals surface area contributed by atoms with Crippen LogP contribution in [-0.4, -0.2) is 7.11 Å². The van der Waals surface area contributed by atoms with Crippen molar-refractivity contribution in [3.63, 3.8) is 0 Å². The predicted octanol–water partition coefficient (Wildman–Crippen LogP) is 3.30. The third-order valence-corrected chi connectivity index (χ3v) is 2.97. The van der Waals surface area contributed by atoms with Gasteiger partial charge in [0.25, 0.3) is 0 Å². The lowest BCUT2D eigenvalue weighted by atomic mass is 10.1. The van der Waals surface area contributed by atoms with Crippen LogP contribution in [-0.2, 0) is 0 Å². The van der Waals surface area contributed by atoms with Crippen molar-refractivity contribution in [2.75, 3.05) is 7.11 Å². The minimum atomic E-state index is 0.739. The standard InChI is InChI=1S/C12H9NOS/c1-14-10-4-2-3-9(7-10)11-5-6-15-12(11)8-13/h2-7H,1H3. The van der Waals surface area contributed by atoms with Gasteiger partial charge in [0, 0.05) is 5.56 Å². The Labute approximate surface area is 92.4 Å². The third kappa shape index (κ3) is 1.85. The molecule has 15 heavy (non-hydrogen) atoms. The molecule has 0 radical (unpaired) electrons. The highest BCUT2D eigenvalue weighted by molar-refractivity contribution is 7.11. The SMILES string of the molecule is COc1cccc(-c2ccsc2C#N)c1. The Balaban J connectivity index is 2.50. The molecule has 0 aliphatic heterocycles. The molecule has 0 fully saturated rings. The molecular formula is C12H9NOS. The van der Waals surface area contributed by atoms with E-state index in [0.717, 1.165) is 21.8 Å². The average Bonchev–Trinajstić information content (AvgIpc) is 2.77. The van der Waals surface area contributed by atoms with Gasteiger partial charge in [0.15, 0.2) is 0 Å². The zero-order valence-electron chi connectivity index (χ0n) is 8.23. The number of rotatable bonds is 2. The van der Waals surface area contributed by atoms with Crippen LogP contribution in [0.5, 0.6) is 5.75 Å². The van der Waals surface area contributed by atoms with E-state index in [1.807, 2.05) is 35.7 Å². The number of nitriles is 1. The van der Waals surface area contributed by atoms with E-state index in [-0.39, 0.29) is 0 Å². The van der Waals surface area contributed by atoms with Crippen molar-refractivity contribution < 1.29 is 4.74 Å². The molecular weight excluding hydrogens is 206 g/mol. The van der Waals surface area contributed by atoms with E-state index >= 15 is 0 Å². The molecule has 0 N–H and O–H groups in total. The lowest BCUT2D eigenvalue weighted by Crippen LogP contribution is -1.83. The molecule has 1 aromatic heterocycles. The van der Waals surface area contributed by atoms with Crippen LogP contribution in [0.1, 0.15) is 4.88 Å². The number of hydrogen-bond acceptors (Lipinski definition) is 3. The maximum absolute atomic E-state index is 8.92. The summed E-state index contributed by atoms with van der Waals surface area (Å²) in [5, 5.41) is 10.8. The third-order valence-electron chi connectivity index (χ3n) is 2.15. The largest absolute Gasteiger partial charge is 0.497 e. The Morgan fingerprint density at radius 3 is 2.93 bits per heavy atom. The van der Waals surface area contributed by atoms with Gasteiger partial charge in [0.05, 0.1) is 7.11 Å². The lowest BCUT2D eigenvalue weighted by molar-refractivity contribution is 0.415. The van der Waals surface area contributed by atoms with Crippen LogP contribution in [0.4, 0.5) is 0 Å². The molecule has 0 saturated carbocycles. The topological polar surface area (TPSA) is 33.0 Å². The molecule has 0 amide bonds. The number of ether oxygens (including phenoxy) is 1. The van der Waals surface area contributed by atoms with Gasteiger partial charge >= 0.3 is 0 Å². The lowest BCUT2D eigenvalue weighted by Gasteiger charge is -2.02. The first-order valence-corrected chi connectivity index (χ1v) is 5.35. The highest BCUT2D eigenvalue weighted by Crippen LogP contribution is 2.29. The van der Waals surface area contributed by atoms with E-state index in [4.69, 9.17) is 10.00 Å². The molecule has 0 saturated heterocycles. The molecule has 0 aliphatic carbocycles. The van der Waals surface area contributed by atoms with Gasteiger partial charge in [-0.05, 0) is 29.1 Å². The van der Waals surface area contributed by atoms with Gasteiger partial charge in [-0.25, -0.2) is 0 Å². The predicted molar refractivity (Wildman–Crippen MR) is 61.0 cm³/mol. The maximum atomic E-state index is 8.92. The molecule has 0 aliphatic rings. The highest BCUT2D eigenvalue weighted by atomic mass is 32.1.